The number of aromatic nitrogens is 2. The minimum Gasteiger partial charge on any atom is -0.428 e. The van der Waals surface area contributed by atoms with Gasteiger partial charge in [-0.15, -0.1) is 0 Å². The molecule has 0 aliphatic heterocycles. The highest BCUT2D eigenvalue weighted by atomic mass is 35.5. The molecule has 0 saturated carbocycles. The van der Waals surface area contributed by atoms with E-state index >= 15 is 0 Å². The van der Waals surface area contributed by atoms with Gasteiger partial charge in [0.2, 0.25) is 0 Å². The fourth-order valence-corrected chi connectivity index (χ4v) is 4.09. The van der Waals surface area contributed by atoms with Crippen molar-refractivity contribution in [3.8, 4) is 5.75 Å². The highest BCUT2D eigenvalue weighted by Gasteiger charge is 2.44. The Hall–Kier alpha value is -2.33. The van der Waals surface area contributed by atoms with E-state index in [-0.39, 0.29) is 16.4 Å². The van der Waals surface area contributed by atoms with Crippen molar-refractivity contribution in [3.63, 3.8) is 0 Å². The van der Waals surface area contributed by atoms with Crippen LogP contribution in [0.3, 0.4) is 0 Å². The van der Waals surface area contributed by atoms with Crippen molar-refractivity contribution in [2.24, 2.45) is 0 Å². The summed E-state index contributed by atoms with van der Waals surface area (Å²) in [6.07, 6.45) is -8.59. The van der Waals surface area contributed by atoms with E-state index in [4.69, 9.17) is 11.6 Å². The third kappa shape index (κ3) is 4.64. The van der Waals surface area contributed by atoms with Crippen molar-refractivity contribution in [2.75, 3.05) is 19.0 Å². The Morgan fingerprint density at radius 2 is 2.00 bits per heavy atom. The number of anilines is 1. The molecule has 156 valence electrons. The first-order valence-corrected chi connectivity index (χ1v) is 9.96. The van der Waals surface area contributed by atoms with Crippen molar-refractivity contribution >= 4 is 39.1 Å². The molecule has 2 aromatic carbocycles. The Bertz CT molecular complexity index is 1060. The lowest BCUT2D eigenvalue weighted by molar-refractivity contribution is -0.253. The van der Waals surface area contributed by atoms with E-state index in [0.29, 0.717) is 16.1 Å². The van der Waals surface area contributed by atoms with Crippen LogP contribution in [0.2, 0.25) is 5.02 Å². The van der Waals surface area contributed by atoms with Gasteiger partial charge in [-0.1, -0.05) is 17.7 Å². The highest BCUT2D eigenvalue weighted by Crippen LogP contribution is 2.31. The summed E-state index contributed by atoms with van der Waals surface area (Å²) in [6, 6.07) is 8.80. The number of aromatic amines is 1. The molecule has 11 heteroatoms. The number of alkyl halides is 4. The van der Waals surface area contributed by atoms with E-state index in [1.54, 1.807) is 12.1 Å². The first-order valence-electron chi connectivity index (χ1n) is 8.26. The Kier molecular flexibility index (Phi) is 6.04. The van der Waals surface area contributed by atoms with Crippen molar-refractivity contribution in [1.82, 2.24) is 9.97 Å². The first-order chi connectivity index (χ1) is 13.6. The molecule has 0 fully saturated rings. The van der Waals surface area contributed by atoms with Gasteiger partial charge in [0.15, 0.2) is 5.16 Å². The number of rotatable bonds is 7. The number of halogens is 5. The van der Waals surface area contributed by atoms with Crippen LogP contribution in [-0.2, 0) is 16.6 Å². The summed E-state index contributed by atoms with van der Waals surface area (Å²) in [7, 11) is 2.03. The number of nitrogens with zero attached hydrogens (tertiary/aromatic N) is 2. The lowest BCUT2D eigenvalue weighted by Gasteiger charge is -2.18. The largest absolute Gasteiger partial charge is 0.461 e. The van der Waals surface area contributed by atoms with E-state index in [2.05, 4.69) is 14.7 Å². The average molecular weight is 450 g/mol. The van der Waals surface area contributed by atoms with Gasteiger partial charge in [0, 0.05) is 36.4 Å². The van der Waals surface area contributed by atoms with E-state index in [1.165, 1.54) is 6.07 Å². The van der Waals surface area contributed by atoms with Crippen LogP contribution in [0.1, 0.15) is 5.56 Å². The Morgan fingerprint density at radius 1 is 1.28 bits per heavy atom. The van der Waals surface area contributed by atoms with Gasteiger partial charge in [-0.2, -0.15) is 17.6 Å². The number of benzene rings is 2. The second kappa shape index (κ2) is 8.19. The van der Waals surface area contributed by atoms with E-state index < -0.39 is 29.1 Å². The van der Waals surface area contributed by atoms with Crippen LogP contribution in [0.25, 0.3) is 11.0 Å². The smallest absolute Gasteiger partial charge is 0.428 e. The molecule has 0 aliphatic carbocycles. The summed E-state index contributed by atoms with van der Waals surface area (Å²) in [4.78, 5) is 8.78. The van der Waals surface area contributed by atoms with Gasteiger partial charge in [0.05, 0.1) is 27.6 Å². The summed E-state index contributed by atoms with van der Waals surface area (Å²) < 4.78 is 67.6. The van der Waals surface area contributed by atoms with Gasteiger partial charge in [0.1, 0.15) is 5.75 Å². The maximum absolute atomic E-state index is 13.1. The summed E-state index contributed by atoms with van der Waals surface area (Å²) in [6.45, 7) is 0. The molecule has 5 nitrogen and oxygen atoms in total. The zero-order valence-corrected chi connectivity index (χ0v) is 16.8. The van der Waals surface area contributed by atoms with Crippen LogP contribution in [0, 0.1) is 0 Å². The molecule has 1 N–H and O–H groups in total. The zero-order valence-electron chi connectivity index (χ0n) is 15.3. The molecule has 0 amide bonds. The van der Waals surface area contributed by atoms with Crippen LogP contribution in [0.15, 0.2) is 41.6 Å². The average Bonchev–Trinajstić information content (AvgIpc) is 3.06. The molecule has 0 aliphatic rings. The normalized spacial score (nSPS) is 13.1. The number of fused-ring (bicyclic) bond motifs is 1. The quantitative estimate of drug-likeness (QED) is 0.525. The van der Waals surface area contributed by atoms with Gasteiger partial charge in [-0.3, -0.25) is 4.21 Å². The van der Waals surface area contributed by atoms with Crippen molar-refractivity contribution in [3.05, 3.63) is 47.0 Å². The number of hydrogen-bond acceptors (Lipinski definition) is 4. The molecule has 3 aromatic rings. The number of H-pyrrole nitrogens is 1. The molecule has 0 bridgehead atoms. The molecule has 3 rings (SSSR count). The van der Waals surface area contributed by atoms with Crippen molar-refractivity contribution < 1.29 is 26.5 Å². The highest BCUT2D eigenvalue weighted by molar-refractivity contribution is 7.84. The summed E-state index contributed by atoms with van der Waals surface area (Å²) in [5.41, 5.74) is 2.02. The van der Waals surface area contributed by atoms with Crippen LogP contribution in [0.4, 0.5) is 23.2 Å². The van der Waals surface area contributed by atoms with Crippen LogP contribution >= 0.6 is 11.6 Å². The van der Waals surface area contributed by atoms with Gasteiger partial charge < -0.3 is 14.6 Å². The number of nitrogens with one attached hydrogen (secondary N) is 1. The predicted molar refractivity (Wildman–Crippen MR) is 104 cm³/mol. The van der Waals surface area contributed by atoms with Crippen molar-refractivity contribution in [2.45, 2.75) is 23.4 Å². The fourth-order valence-electron chi connectivity index (χ4n) is 2.65. The van der Waals surface area contributed by atoms with Gasteiger partial charge in [0.25, 0.3) is 0 Å². The van der Waals surface area contributed by atoms with E-state index in [1.807, 2.05) is 25.1 Å². The molecular formula is C18H16ClF4N3O2S. The second-order valence-corrected chi connectivity index (χ2v) is 8.08. The van der Waals surface area contributed by atoms with Crippen LogP contribution < -0.4 is 9.64 Å². The third-order valence-electron chi connectivity index (χ3n) is 4.01. The van der Waals surface area contributed by atoms with Gasteiger partial charge in [-0.25, -0.2) is 4.98 Å². The topological polar surface area (TPSA) is 58.2 Å². The molecule has 0 radical (unpaired) electrons. The summed E-state index contributed by atoms with van der Waals surface area (Å²) in [5, 5.41) is 0.549. The first kappa shape index (κ1) is 21.4. The van der Waals surface area contributed by atoms with Crippen molar-refractivity contribution in [1.29, 1.82) is 0 Å². The Morgan fingerprint density at radius 3 is 2.66 bits per heavy atom. The monoisotopic (exact) mass is 449 g/mol. The lowest BCUT2D eigenvalue weighted by atomic mass is 10.2. The molecule has 29 heavy (non-hydrogen) atoms. The SMILES string of the molecule is CN(C)c1cccc(Cl)c1CS(=O)c1nc2ccc(OC(F)(F)C(F)F)cc2[nH]1. The Labute approximate surface area is 171 Å². The molecule has 1 aromatic heterocycles. The van der Waals surface area contributed by atoms with E-state index in [0.717, 1.165) is 17.8 Å². The van der Waals surface area contributed by atoms with Gasteiger partial charge >= 0.3 is 12.5 Å². The number of hydrogen-bond donors (Lipinski definition) is 1. The zero-order chi connectivity index (χ0) is 21.3. The summed E-state index contributed by atoms with van der Waals surface area (Å²) in [5.74, 6) is -0.399. The molecule has 1 heterocycles. The minimum atomic E-state index is -4.62. The standard InChI is InChI=1S/C18H16ClF4N3O2S/c1-26(2)15-5-3-4-12(19)11(15)9-29(27)17-24-13-7-6-10(8-14(13)25-17)28-18(22,23)16(20)21/h3-8,16H,9H2,1-2H3,(H,24,25). The third-order valence-corrected chi connectivity index (χ3v) is 5.54. The second-order valence-electron chi connectivity index (χ2n) is 6.31. The lowest BCUT2D eigenvalue weighted by Crippen LogP contribution is -2.33. The van der Waals surface area contributed by atoms with Crippen LogP contribution in [0.5, 0.6) is 5.75 Å². The predicted octanol–water partition coefficient (Wildman–Crippen LogP) is 4.83. The Balaban J connectivity index is 1.87. The molecule has 1 atom stereocenters. The molecule has 0 spiro atoms. The maximum Gasteiger partial charge on any atom is 0.461 e. The molecule has 0 saturated heterocycles. The molecular weight excluding hydrogens is 434 g/mol. The van der Waals surface area contributed by atoms with Crippen LogP contribution in [-0.4, -0.2) is 40.8 Å². The molecule has 1 unspecified atom stereocenters. The summed E-state index contributed by atoms with van der Waals surface area (Å²) >= 11 is 6.25. The van der Waals surface area contributed by atoms with E-state index in [9.17, 15) is 21.8 Å². The fraction of sp³-hybridized carbons (Fsp3) is 0.278. The minimum absolute atomic E-state index is 0.0693. The maximum atomic E-state index is 13.1. The number of imidazole rings is 1. The van der Waals surface area contributed by atoms with Gasteiger partial charge in [-0.05, 0) is 24.3 Å². The number of ether oxygens (including phenoxy) is 1.